The molecule has 1 aromatic rings. The molecule has 17 heteroatoms. The summed E-state index contributed by atoms with van der Waals surface area (Å²) in [5.41, 5.74) is -2.72. The van der Waals surface area contributed by atoms with Crippen molar-refractivity contribution in [2.75, 3.05) is 18.5 Å². The molecule has 40 heavy (non-hydrogen) atoms. The second kappa shape index (κ2) is 14.2. The molecule has 16 nitrogen and oxygen atoms in total. The molecule has 1 heterocycles. The fraction of sp³-hybridized carbons (Fsp3) is 0.478. The van der Waals surface area contributed by atoms with Crippen molar-refractivity contribution in [1.82, 2.24) is 0 Å². The van der Waals surface area contributed by atoms with Gasteiger partial charge in [-0.1, -0.05) is 17.8 Å². The van der Waals surface area contributed by atoms with Gasteiger partial charge >= 0.3 is 23.9 Å². The van der Waals surface area contributed by atoms with Gasteiger partial charge in [-0.15, -0.1) is 6.58 Å². The van der Waals surface area contributed by atoms with Crippen LogP contribution in [0.3, 0.4) is 0 Å². The zero-order valence-corrected chi connectivity index (χ0v) is 22.7. The first-order chi connectivity index (χ1) is 18.7. The number of hydrogen-bond acceptors (Lipinski definition) is 15. The summed E-state index contributed by atoms with van der Waals surface area (Å²) in [6.45, 7) is 7.38. The van der Waals surface area contributed by atoms with Crippen LogP contribution in [0.25, 0.3) is 0 Å². The molecule has 0 aliphatic carbocycles. The molecule has 0 radical (unpaired) electrons. The lowest BCUT2D eigenvalue weighted by Gasteiger charge is -2.44. The van der Waals surface area contributed by atoms with Crippen LogP contribution in [0.5, 0.6) is 0 Å². The van der Waals surface area contributed by atoms with Gasteiger partial charge in [0.15, 0.2) is 18.3 Å². The van der Waals surface area contributed by atoms with Crippen LogP contribution in [-0.2, 0) is 42.9 Å². The molecule has 1 saturated heterocycles. The molecular formula is C23H27N3O13S. The topological polar surface area (TPSA) is 213 Å². The number of hydrogen-bond donors (Lipinski definition) is 1. The van der Waals surface area contributed by atoms with E-state index in [2.05, 4.69) is 11.9 Å². The van der Waals surface area contributed by atoms with Gasteiger partial charge in [-0.2, -0.15) is 0 Å². The maximum absolute atomic E-state index is 12.0. The number of benzene rings is 1. The van der Waals surface area contributed by atoms with Gasteiger partial charge < -0.3 is 29.0 Å². The van der Waals surface area contributed by atoms with Crippen LogP contribution in [-0.4, -0.2) is 76.7 Å². The lowest BCUT2D eigenvalue weighted by molar-refractivity contribution is -0.395. The Labute approximate surface area is 231 Å². The quantitative estimate of drug-likeness (QED) is 0.122. The highest BCUT2D eigenvalue weighted by Crippen LogP contribution is 2.44. The van der Waals surface area contributed by atoms with Crippen LogP contribution in [0.15, 0.2) is 29.7 Å². The third kappa shape index (κ3) is 8.63. The predicted octanol–water partition coefficient (Wildman–Crippen LogP) is 2.28. The summed E-state index contributed by atoms with van der Waals surface area (Å²) in [6.07, 6.45) is -4.27. The molecule has 0 bridgehead atoms. The molecule has 1 fully saturated rings. The standard InChI is InChI=1S/C23H27N3O13S/c1-6-7-24-15-8-19(17(26(33)34)9-16(15)25(31)32)40-23-22(38-14(5)30)21(37-13(4)29)20(36-12(3)28)18(39-23)10-35-11(2)27/h6,8-9,18,20-24H,1,7,10H2,2-5H3/t18-,20+,21+,22-,23+/m1/s1. The van der Waals surface area contributed by atoms with Crippen LogP contribution in [0, 0.1) is 20.2 Å². The summed E-state index contributed by atoms with van der Waals surface area (Å²) in [5, 5.41) is 26.2. The van der Waals surface area contributed by atoms with Crippen LogP contribution in [0.1, 0.15) is 27.7 Å². The molecule has 1 aliphatic rings. The second-order valence-corrected chi connectivity index (χ2v) is 9.35. The van der Waals surface area contributed by atoms with Crippen molar-refractivity contribution in [3.05, 3.63) is 45.0 Å². The Hall–Kier alpha value is -4.25. The minimum Gasteiger partial charge on any atom is -0.463 e. The van der Waals surface area contributed by atoms with Gasteiger partial charge in [0.1, 0.15) is 23.8 Å². The Bertz CT molecular complexity index is 1190. The maximum atomic E-state index is 12.0. The van der Waals surface area contributed by atoms with E-state index in [0.717, 1.165) is 39.8 Å². The van der Waals surface area contributed by atoms with E-state index in [9.17, 15) is 39.4 Å². The SMILES string of the molecule is C=CCNc1cc(S[C@@H]2O[C@H](COC(C)=O)[C@H](OC(C)=O)[C@H](OC(C)=O)[C@H]2OC(C)=O)c([N+](=O)[O-])cc1[N+](=O)[O-]. The number of thioether (sulfide) groups is 1. The third-order valence-electron chi connectivity index (χ3n) is 5.10. The minimum atomic E-state index is -1.50. The highest BCUT2D eigenvalue weighted by molar-refractivity contribution is 8.00. The van der Waals surface area contributed by atoms with E-state index in [4.69, 9.17) is 23.7 Å². The van der Waals surface area contributed by atoms with Crippen molar-refractivity contribution < 1.29 is 52.7 Å². The van der Waals surface area contributed by atoms with Crippen molar-refractivity contribution in [1.29, 1.82) is 0 Å². The number of ether oxygens (including phenoxy) is 5. The number of nitrogens with zero attached hydrogens (tertiary/aromatic N) is 2. The van der Waals surface area contributed by atoms with Crippen LogP contribution >= 0.6 is 11.8 Å². The highest BCUT2D eigenvalue weighted by atomic mass is 32.2. The van der Waals surface area contributed by atoms with Crippen molar-refractivity contribution in [2.45, 2.75) is 62.4 Å². The fourth-order valence-corrected chi connectivity index (χ4v) is 4.91. The molecule has 0 unspecified atom stereocenters. The van der Waals surface area contributed by atoms with Crippen LogP contribution in [0.2, 0.25) is 0 Å². The average Bonchev–Trinajstić information content (AvgIpc) is 2.83. The highest BCUT2D eigenvalue weighted by Gasteiger charge is 2.53. The molecule has 1 aromatic carbocycles. The first-order valence-electron chi connectivity index (χ1n) is 11.5. The normalized spacial score (nSPS) is 21.9. The zero-order valence-electron chi connectivity index (χ0n) is 21.9. The molecule has 5 atom stereocenters. The molecule has 1 N–H and O–H groups in total. The summed E-state index contributed by atoms with van der Waals surface area (Å²) >= 11 is 0.626. The molecule has 2 rings (SSSR count). The van der Waals surface area contributed by atoms with Gasteiger partial charge in [-0.25, -0.2) is 0 Å². The van der Waals surface area contributed by atoms with Gasteiger partial charge in [-0.05, 0) is 6.07 Å². The molecule has 0 saturated carbocycles. The van der Waals surface area contributed by atoms with Gasteiger partial charge in [0.25, 0.3) is 11.4 Å². The maximum Gasteiger partial charge on any atom is 0.303 e. The first-order valence-corrected chi connectivity index (χ1v) is 12.4. The van der Waals surface area contributed by atoms with E-state index in [-0.39, 0.29) is 17.1 Å². The van der Waals surface area contributed by atoms with Crippen molar-refractivity contribution in [3.8, 4) is 0 Å². The van der Waals surface area contributed by atoms with E-state index >= 15 is 0 Å². The second-order valence-electron chi connectivity index (χ2n) is 8.21. The number of nitro groups is 2. The molecule has 218 valence electrons. The number of rotatable bonds is 12. The summed E-state index contributed by atoms with van der Waals surface area (Å²) in [7, 11) is 0. The monoisotopic (exact) mass is 585 g/mol. The van der Waals surface area contributed by atoms with Gasteiger partial charge in [-0.3, -0.25) is 39.4 Å². The third-order valence-corrected chi connectivity index (χ3v) is 6.29. The van der Waals surface area contributed by atoms with Gasteiger partial charge in [0, 0.05) is 34.2 Å². The van der Waals surface area contributed by atoms with E-state index in [0.29, 0.717) is 11.8 Å². The molecule has 0 amide bonds. The largest absolute Gasteiger partial charge is 0.463 e. The van der Waals surface area contributed by atoms with Crippen molar-refractivity contribution in [2.24, 2.45) is 0 Å². The van der Waals surface area contributed by atoms with Crippen molar-refractivity contribution >= 4 is 52.7 Å². The molecule has 0 spiro atoms. The fourth-order valence-electron chi connectivity index (χ4n) is 3.68. The number of nitrogens with one attached hydrogen (secondary N) is 1. The average molecular weight is 586 g/mol. The molecule has 0 aromatic heterocycles. The number of carbonyl (C=O) groups is 4. The van der Waals surface area contributed by atoms with Crippen molar-refractivity contribution in [3.63, 3.8) is 0 Å². The van der Waals surface area contributed by atoms with E-state index in [1.807, 2.05) is 0 Å². The Balaban J connectivity index is 2.68. The summed E-state index contributed by atoms with van der Waals surface area (Å²) in [4.78, 5) is 69.0. The first kappa shape index (κ1) is 32.0. The predicted molar refractivity (Wildman–Crippen MR) is 136 cm³/mol. The summed E-state index contributed by atoms with van der Waals surface area (Å²) < 4.78 is 27.0. The summed E-state index contributed by atoms with van der Waals surface area (Å²) in [5.74, 6) is -3.25. The Kier molecular flexibility index (Phi) is 11.4. The molecule has 1 aliphatic heterocycles. The summed E-state index contributed by atoms with van der Waals surface area (Å²) in [6, 6.07) is 1.89. The Morgan fingerprint density at radius 1 is 0.925 bits per heavy atom. The number of carbonyl (C=O) groups excluding carboxylic acids is 4. The number of anilines is 1. The Morgan fingerprint density at radius 2 is 1.48 bits per heavy atom. The minimum absolute atomic E-state index is 0.0800. The van der Waals surface area contributed by atoms with Crippen LogP contribution in [0.4, 0.5) is 17.1 Å². The van der Waals surface area contributed by atoms with Gasteiger partial charge in [0.05, 0.1) is 20.8 Å². The number of esters is 4. The van der Waals surface area contributed by atoms with E-state index < -0.39 is 81.6 Å². The smallest absolute Gasteiger partial charge is 0.303 e. The number of nitro benzene ring substituents is 2. The lowest BCUT2D eigenvalue weighted by Crippen LogP contribution is -2.61. The molecular weight excluding hydrogens is 558 g/mol. The Morgan fingerprint density at radius 3 is 1.98 bits per heavy atom. The van der Waals surface area contributed by atoms with Crippen LogP contribution < -0.4 is 5.32 Å². The lowest BCUT2D eigenvalue weighted by atomic mass is 9.99. The van der Waals surface area contributed by atoms with E-state index in [1.54, 1.807) is 0 Å². The van der Waals surface area contributed by atoms with Gasteiger partial charge in [0.2, 0.25) is 0 Å². The van der Waals surface area contributed by atoms with E-state index in [1.165, 1.54) is 6.08 Å². The zero-order chi connectivity index (χ0) is 30.1.